The summed E-state index contributed by atoms with van der Waals surface area (Å²) in [5.41, 5.74) is 2.48. The molecule has 0 radical (unpaired) electrons. The summed E-state index contributed by atoms with van der Waals surface area (Å²) in [7, 11) is -3.48. The van der Waals surface area contributed by atoms with Crippen LogP contribution in [0, 0.1) is 0 Å². The Kier molecular flexibility index (Phi) is 5.19. The first kappa shape index (κ1) is 18.7. The van der Waals surface area contributed by atoms with E-state index in [0.717, 1.165) is 35.7 Å². The molecule has 0 atom stereocenters. The minimum Gasteiger partial charge on any atom is -0.361 e. The van der Waals surface area contributed by atoms with Gasteiger partial charge in [0.05, 0.1) is 4.90 Å². The molecule has 0 aliphatic carbocycles. The SMILES string of the molecule is O=C(NCc1c[nH]c2ccccc12)c1ccc(S(=O)(=O)N2CCCCC2)cc1. The number of rotatable bonds is 5. The van der Waals surface area contributed by atoms with Crippen LogP contribution in [0.5, 0.6) is 0 Å². The Morgan fingerprint density at radius 2 is 1.71 bits per heavy atom. The highest BCUT2D eigenvalue weighted by molar-refractivity contribution is 7.89. The number of H-pyrrole nitrogens is 1. The van der Waals surface area contributed by atoms with Crippen LogP contribution in [0.2, 0.25) is 0 Å². The predicted octanol–water partition coefficient (Wildman–Crippen LogP) is 3.27. The number of sulfonamides is 1. The number of fused-ring (bicyclic) bond motifs is 1. The summed E-state index contributed by atoms with van der Waals surface area (Å²) in [5.74, 6) is -0.229. The Hall–Kier alpha value is -2.64. The minimum absolute atomic E-state index is 0.229. The van der Waals surface area contributed by atoms with Crippen molar-refractivity contribution >= 4 is 26.8 Å². The van der Waals surface area contributed by atoms with Crippen molar-refractivity contribution in [2.45, 2.75) is 30.7 Å². The largest absolute Gasteiger partial charge is 0.361 e. The van der Waals surface area contributed by atoms with Crippen LogP contribution < -0.4 is 5.32 Å². The molecule has 146 valence electrons. The van der Waals surface area contributed by atoms with E-state index in [1.165, 1.54) is 16.4 Å². The molecule has 0 bridgehead atoms. The van der Waals surface area contributed by atoms with Gasteiger partial charge in [-0.15, -0.1) is 0 Å². The van der Waals surface area contributed by atoms with Gasteiger partial charge in [-0.05, 0) is 48.7 Å². The standard InChI is InChI=1S/C21H23N3O3S/c25-21(23-15-17-14-22-20-7-3-2-6-19(17)20)16-8-10-18(11-9-16)28(26,27)24-12-4-1-5-13-24/h2-3,6-11,14,22H,1,4-5,12-13,15H2,(H,23,25). The smallest absolute Gasteiger partial charge is 0.251 e. The molecule has 1 saturated heterocycles. The number of hydrogen-bond donors (Lipinski definition) is 2. The van der Waals surface area contributed by atoms with Crippen molar-refractivity contribution in [3.8, 4) is 0 Å². The second kappa shape index (κ2) is 7.77. The van der Waals surface area contributed by atoms with Crippen LogP contribution in [0.25, 0.3) is 10.9 Å². The number of nitrogens with zero attached hydrogens (tertiary/aromatic N) is 1. The second-order valence-electron chi connectivity index (χ2n) is 7.03. The molecular formula is C21H23N3O3S. The molecule has 1 aliphatic heterocycles. The molecule has 6 nitrogen and oxygen atoms in total. The van der Waals surface area contributed by atoms with Crippen molar-refractivity contribution in [2.75, 3.05) is 13.1 Å². The zero-order valence-electron chi connectivity index (χ0n) is 15.5. The lowest BCUT2D eigenvalue weighted by Crippen LogP contribution is -2.35. The van der Waals surface area contributed by atoms with Crippen LogP contribution in [0.15, 0.2) is 59.6 Å². The Balaban J connectivity index is 1.44. The summed E-state index contributed by atoms with van der Waals surface area (Å²) in [4.78, 5) is 15.9. The molecular weight excluding hydrogens is 374 g/mol. The maximum Gasteiger partial charge on any atom is 0.251 e. The van der Waals surface area contributed by atoms with E-state index in [2.05, 4.69) is 10.3 Å². The number of hydrogen-bond acceptors (Lipinski definition) is 3. The van der Waals surface area contributed by atoms with Crippen molar-refractivity contribution in [3.05, 3.63) is 65.9 Å². The summed E-state index contributed by atoms with van der Waals surface area (Å²) >= 11 is 0. The fraction of sp³-hybridized carbons (Fsp3) is 0.286. The van der Waals surface area contributed by atoms with Crippen LogP contribution >= 0.6 is 0 Å². The van der Waals surface area contributed by atoms with Gasteiger partial charge in [0.25, 0.3) is 5.91 Å². The minimum atomic E-state index is -3.48. The molecule has 0 spiro atoms. The third-order valence-corrected chi connectivity index (χ3v) is 7.10. The summed E-state index contributed by atoms with van der Waals surface area (Å²) in [6.07, 6.45) is 4.75. The molecule has 1 fully saturated rings. The number of carbonyl (C=O) groups excluding carboxylic acids is 1. The number of aromatic amines is 1. The average Bonchev–Trinajstić information content (AvgIpc) is 3.16. The number of benzene rings is 2. The van der Waals surface area contributed by atoms with E-state index in [1.807, 2.05) is 30.5 Å². The maximum absolute atomic E-state index is 12.7. The molecule has 0 unspecified atom stereocenters. The molecule has 1 amide bonds. The lowest BCUT2D eigenvalue weighted by Gasteiger charge is -2.25. The highest BCUT2D eigenvalue weighted by Crippen LogP contribution is 2.21. The van der Waals surface area contributed by atoms with Gasteiger partial charge >= 0.3 is 0 Å². The van der Waals surface area contributed by atoms with E-state index in [1.54, 1.807) is 12.1 Å². The normalized spacial score (nSPS) is 15.6. The quantitative estimate of drug-likeness (QED) is 0.693. The van der Waals surface area contributed by atoms with Crippen LogP contribution in [0.3, 0.4) is 0 Å². The molecule has 28 heavy (non-hydrogen) atoms. The molecule has 7 heteroatoms. The topological polar surface area (TPSA) is 82.3 Å². The predicted molar refractivity (Wildman–Crippen MR) is 109 cm³/mol. The molecule has 0 saturated carbocycles. The summed E-state index contributed by atoms with van der Waals surface area (Å²) in [6.45, 7) is 1.53. The van der Waals surface area contributed by atoms with Gasteiger partial charge in [-0.1, -0.05) is 24.6 Å². The molecule has 2 aromatic carbocycles. The number of carbonyl (C=O) groups is 1. The second-order valence-corrected chi connectivity index (χ2v) is 8.97. The Labute approximate surface area is 164 Å². The zero-order valence-corrected chi connectivity index (χ0v) is 16.3. The van der Waals surface area contributed by atoms with Crippen LogP contribution in [-0.4, -0.2) is 36.7 Å². The van der Waals surface area contributed by atoms with Gasteiger partial charge in [-0.2, -0.15) is 4.31 Å². The van der Waals surface area contributed by atoms with Crippen LogP contribution in [-0.2, 0) is 16.6 Å². The van der Waals surface area contributed by atoms with E-state index in [0.29, 0.717) is 25.2 Å². The average molecular weight is 398 g/mol. The van der Waals surface area contributed by atoms with Crippen molar-refractivity contribution in [1.82, 2.24) is 14.6 Å². The summed E-state index contributed by atoms with van der Waals surface area (Å²) in [6, 6.07) is 14.1. The van der Waals surface area contributed by atoms with Gasteiger partial charge in [-0.3, -0.25) is 4.79 Å². The van der Waals surface area contributed by atoms with E-state index >= 15 is 0 Å². The molecule has 4 rings (SSSR count). The summed E-state index contributed by atoms with van der Waals surface area (Å²) < 4.78 is 26.9. The number of aromatic nitrogens is 1. The summed E-state index contributed by atoms with van der Waals surface area (Å²) in [5, 5.41) is 3.97. The first-order valence-corrected chi connectivity index (χ1v) is 10.9. The first-order valence-electron chi connectivity index (χ1n) is 9.49. The molecule has 1 aliphatic rings. The van der Waals surface area contributed by atoms with Gasteiger partial charge in [0.15, 0.2) is 0 Å². The molecule has 2 N–H and O–H groups in total. The fourth-order valence-corrected chi connectivity index (χ4v) is 5.11. The Morgan fingerprint density at radius 1 is 1.00 bits per heavy atom. The van der Waals surface area contributed by atoms with Crippen molar-refractivity contribution in [1.29, 1.82) is 0 Å². The highest BCUT2D eigenvalue weighted by Gasteiger charge is 2.25. The number of piperidine rings is 1. The first-order chi connectivity index (χ1) is 13.6. The fourth-order valence-electron chi connectivity index (χ4n) is 3.59. The van der Waals surface area contributed by atoms with Gasteiger partial charge in [-0.25, -0.2) is 8.42 Å². The van der Waals surface area contributed by atoms with E-state index in [9.17, 15) is 13.2 Å². The Morgan fingerprint density at radius 3 is 2.46 bits per heavy atom. The third-order valence-electron chi connectivity index (χ3n) is 5.18. The molecule has 2 heterocycles. The zero-order chi connectivity index (χ0) is 19.6. The van der Waals surface area contributed by atoms with Crippen molar-refractivity contribution in [3.63, 3.8) is 0 Å². The van der Waals surface area contributed by atoms with Gasteiger partial charge < -0.3 is 10.3 Å². The van der Waals surface area contributed by atoms with E-state index in [-0.39, 0.29) is 10.8 Å². The highest BCUT2D eigenvalue weighted by atomic mass is 32.2. The number of para-hydroxylation sites is 1. The van der Waals surface area contributed by atoms with E-state index < -0.39 is 10.0 Å². The van der Waals surface area contributed by atoms with Gasteiger partial charge in [0.2, 0.25) is 10.0 Å². The van der Waals surface area contributed by atoms with Crippen LogP contribution in [0.4, 0.5) is 0 Å². The van der Waals surface area contributed by atoms with Gasteiger partial charge in [0.1, 0.15) is 0 Å². The monoisotopic (exact) mass is 397 g/mol. The van der Waals surface area contributed by atoms with Crippen LogP contribution in [0.1, 0.15) is 35.2 Å². The maximum atomic E-state index is 12.7. The third kappa shape index (κ3) is 3.68. The lowest BCUT2D eigenvalue weighted by molar-refractivity contribution is 0.0951. The lowest BCUT2D eigenvalue weighted by atomic mass is 10.1. The molecule has 1 aromatic heterocycles. The van der Waals surface area contributed by atoms with Crippen molar-refractivity contribution < 1.29 is 13.2 Å². The Bertz CT molecular complexity index is 1080. The molecule has 3 aromatic rings. The van der Waals surface area contributed by atoms with E-state index in [4.69, 9.17) is 0 Å². The van der Waals surface area contributed by atoms with Crippen molar-refractivity contribution in [2.24, 2.45) is 0 Å². The number of nitrogens with one attached hydrogen (secondary N) is 2. The van der Waals surface area contributed by atoms with Gasteiger partial charge in [0, 0.05) is 42.3 Å². The number of amides is 1.